The molecular weight excluding hydrogens is 400 g/mol. The minimum Gasteiger partial charge on any atom is -0.325 e. The number of nitrogens with one attached hydrogen (secondary N) is 1. The molecule has 27 heavy (non-hydrogen) atoms. The van der Waals surface area contributed by atoms with Gasteiger partial charge in [-0.2, -0.15) is 0 Å². The molecule has 3 heterocycles. The third-order valence-electron chi connectivity index (χ3n) is 4.37. The van der Waals surface area contributed by atoms with Crippen LogP contribution in [0.3, 0.4) is 0 Å². The number of carbonyl (C=O) groups is 1. The molecule has 3 aromatic heterocycles. The van der Waals surface area contributed by atoms with Crippen LogP contribution in [0.1, 0.15) is 18.9 Å². The molecule has 0 aliphatic rings. The van der Waals surface area contributed by atoms with E-state index in [1.54, 1.807) is 23.7 Å². The van der Waals surface area contributed by atoms with Crippen LogP contribution in [0.4, 0.5) is 5.69 Å². The third kappa shape index (κ3) is 3.54. The van der Waals surface area contributed by atoms with E-state index < -0.39 is 0 Å². The predicted octanol–water partition coefficient (Wildman–Crippen LogP) is 5.42. The highest BCUT2D eigenvalue weighted by atomic mass is 35.5. The van der Waals surface area contributed by atoms with Gasteiger partial charge in [-0.3, -0.25) is 9.20 Å². The van der Waals surface area contributed by atoms with Crippen molar-refractivity contribution in [1.29, 1.82) is 0 Å². The number of hydrogen-bond donors (Lipinski definition) is 1. The van der Waals surface area contributed by atoms with Gasteiger partial charge in [-0.05, 0) is 48.6 Å². The van der Waals surface area contributed by atoms with Gasteiger partial charge >= 0.3 is 0 Å². The lowest BCUT2D eigenvalue weighted by Gasteiger charge is -2.16. The van der Waals surface area contributed by atoms with E-state index in [4.69, 9.17) is 11.6 Å². The molecule has 0 aliphatic carbocycles. The van der Waals surface area contributed by atoms with Crippen molar-refractivity contribution in [2.45, 2.75) is 30.5 Å². The van der Waals surface area contributed by atoms with Gasteiger partial charge in [-0.25, -0.2) is 0 Å². The minimum absolute atomic E-state index is 0.0648. The molecule has 4 rings (SSSR count). The van der Waals surface area contributed by atoms with E-state index in [2.05, 4.69) is 33.0 Å². The number of halogens is 1. The number of thioether (sulfide) groups is 1. The number of nitrogens with zero attached hydrogens (tertiary/aromatic N) is 3. The Labute approximate surface area is 169 Å². The Bertz CT molecular complexity index is 1140. The Morgan fingerprint density at radius 3 is 3.00 bits per heavy atom. The highest BCUT2D eigenvalue weighted by Crippen LogP contribution is 2.33. The van der Waals surface area contributed by atoms with Crippen molar-refractivity contribution in [3.05, 3.63) is 52.6 Å². The van der Waals surface area contributed by atoms with Gasteiger partial charge in [-0.15, -0.1) is 21.5 Å². The number of hydrogen-bond acceptors (Lipinski definition) is 5. The number of carbonyl (C=O) groups excluding carboxylic acids is 1. The summed E-state index contributed by atoms with van der Waals surface area (Å²) in [6.07, 6.45) is 2.39. The number of thiophene rings is 1. The average Bonchev–Trinajstić information content (AvgIpc) is 3.24. The Hall–Kier alpha value is -2.09. The van der Waals surface area contributed by atoms with Crippen LogP contribution >= 0.6 is 34.7 Å². The summed E-state index contributed by atoms with van der Waals surface area (Å²) in [7, 11) is 0. The molecule has 138 valence electrons. The normalized spacial score (nSPS) is 12.6. The zero-order valence-corrected chi connectivity index (χ0v) is 17.2. The number of amides is 1. The van der Waals surface area contributed by atoms with E-state index in [9.17, 15) is 4.79 Å². The van der Waals surface area contributed by atoms with Crippen molar-refractivity contribution < 1.29 is 4.79 Å². The van der Waals surface area contributed by atoms with Gasteiger partial charge in [0.2, 0.25) is 5.91 Å². The molecule has 0 bridgehead atoms. The Balaban J connectivity index is 1.61. The molecule has 0 aliphatic heterocycles. The summed E-state index contributed by atoms with van der Waals surface area (Å²) < 4.78 is 3.20. The molecule has 1 N–H and O–H groups in total. The van der Waals surface area contributed by atoms with E-state index >= 15 is 0 Å². The maximum atomic E-state index is 12.8. The Morgan fingerprint density at radius 1 is 1.33 bits per heavy atom. The highest BCUT2D eigenvalue weighted by molar-refractivity contribution is 8.00. The standard InChI is InChI=1S/C19H17ClN4OS2/c1-3-16(18(25)22-13-8-12(20)5-4-11(13)2)27-19-15-9-17-14(6-7-26-17)24(15)10-21-23-19/h4-10,16H,3H2,1-2H3,(H,22,25). The number of anilines is 1. The largest absolute Gasteiger partial charge is 0.325 e. The van der Waals surface area contributed by atoms with Crippen LogP contribution in [-0.4, -0.2) is 25.8 Å². The maximum Gasteiger partial charge on any atom is 0.237 e. The van der Waals surface area contributed by atoms with Gasteiger partial charge in [0.25, 0.3) is 0 Å². The first-order chi connectivity index (χ1) is 13.1. The molecule has 8 heteroatoms. The average molecular weight is 417 g/mol. The van der Waals surface area contributed by atoms with Crippen LogP contribution in [0, 0.1) is 6.92 Å². The first-order valence-electron chi connectivity index (χ1n) is 8.50. The van der Waals surface area contributed by atoms with Gasteiger partial charge in [0, 0.05) is 10.7 Å². The summed E-state index contributed by atoms with van der Waals surface area (Å²) in [5, 5.41) is 14.5. The van der Waals surface area contributed by atoms with Crippen LogP contribution in [0.15, 0.2) is 47.1 Å². The second-order valence-electron chi connectivity index (χ2n) is 6.17. The Morgan fingerprint density at radius 2 is 2.19 bits per heavy atom. The highest BCUT2D eigenvalue weighted by Gasteiger charge is 2.22. The zero-order valence-electron chi connectivity index (χ0n) is 14.8. The van der Waals surface area contributed by atoms with Crippen LogP contribution in [-0.2, 0) is 4.79 Å². The molecule has 1 unspecified atom stereocenters. The minimum atomic E-state index is -0.281. The van der Waals surface area contributed by atoms with Gasteiger partial charge < -0.3 is 5.32 Å². The van der Waals surface area contributed by atoms with Crippen LogP contribution in [0.25, 0.3) is 15.7 Å². The van der Waals surface area contributed by atoms with E-state index in [0.29, 0.717) is 11.4 Å². The van der Waals surface area contributed by atoms with Crippen molar-refractivity contribution in [1.82, 2.24) is 14.6 Å². The Kier molecular flexibility index (Phi) is 5.08. The fourth-order valence-corrected chi connectivity index (χ4v) is 4.85. The number of aromatic nitrogens is 3. The van der Waals surface area contributed by atoms with Crippen LogP contribution < -0.4 is 5.32 Å². The molecule has 5 nitrogen and oxygen atoms in total. The zero-order chi connectivity index (χ0) is 19.0. The summed E-state index contributed by atoms with van der Waals surface area (Å²) in [4.78, 5) is 12.8. The smallest absolute Gasteiger partial charge is 0.237 e. The quantitative estimate of drug-likeness (QED) is 0.441. The van der Waals surface area contributed by atoms with E-state index in [1.165, 1.54) is 16.5 Å². The van der Waals surface area contributed by atoms with Crippen molar-refractivity contribution in [2.24, 2.45) is 0 Å². The van der Waals surface area contributed by atoms with Crippen LogP contribution in [0.5, 0.6) is 0 Å². The summed E-state index contributed by atoms with van der Waals surface area (Å²) >= 11 is 9.18. The fourth-order valence-electron chi connectivity index (χ4n) is 2.90. The number of benzene rings is 1. The fraction of sp³-hybridized carbons (Fsp3) is 0.211. The summed E-state index contributed by atoms with van der Waals surface area (Å²) in [5.41, 5.74) is 3.79. The molecule has 1 amide bonds. The van der Waals surface area contributed by atoms with Gasteiger partial charge in [0.05, 0.1) is 21.0 Å². The molecule has 0 radical (unpaired) electrons. The molecule has 1 aromatic carbocycles. The van der Waals surface area contributed by atoms with E-state index in [1.807, 2.05) is 30.4 Å². The van der Waals surface area contributed by atoms with Gasteiger partial charge in [0.1, 0.15) is 11.4 Å². The second-order valence-corrected chi connectivity index (χ2v) is 8.74. The van der Waals surface area contributed by atoms with Crippen LogP contribution in [0.2, 0.25) is 5.02 Å². The number of fused-ring (bicyclic) bond motifs is 3. The maximum absolute atomic E-state index is 12.8. The predicted molar refractivity (Wildman–Crippen MR) is 113 cm³/mol. The summed E-state index contributed by atoms with van der Waals surface area (Å²) in [5.74, 6) is -0.0648. The molecule has 1 atom stereocenters. The lowest BCUT2D eigenvalue weighted by Crippen LogP contribution is -2.25. The number of aryl methyl sites for hydroxylation is 1. The first kappa shape index (κ1) is 18.3. The second kappa shape index (κ2) is 7.50. The number of rotatable bonds is 5. The molecule has 0 spiro atoms. The lowest BCUT2D eigenvalue weighted by molar-refractivity contribution is -0.115. The van der Waals surface area contributed by atoms with Crippen molar-refractivity contribution >= 4 is 62.0 Å². The molecule has 4 aromatic rings. The van der Waals surface area contributed by atoms with Crippen molar-refractivity contribution in [2.75, 3.05) is 5.32 Å². The SMILES string of the molecule is CCC(Sc1nncn2c1cc1sccc12)C(=O)Nc1cc(Cl)ccc1C. The monoisotopic (exact) mass is 416 g/mol. The third-order valence-corrected chi connectivity index (χ3v) is 6.80. The lowest BCUT2D eigenvalue weighted by atomic mass is 10.2. The summed E-state index contributed by atoms with van der Waals surface area (Å²) in [6, 6.07) is 9.64. The van der Waals surface area contributed by atoms with Gasteiger partial charge in [-0.1, -0.05) is 36.4 Å². The van der Waals surface area contributed by atoms with Crippen molar-refractivity contribution in [3.8, 4) is 0 Å². The van der Waals surface area contributed by atoms with E-state index in [0.717, 1.165) is 27.3 Å². The van der Waals surface area contributed by atoms with E-state index in [-0.39, 0.29) is 11.2 Å². The molecule has 0 saturated heterocycles. The first-order valence-corrected chi connectivity index (χ1v) is 10.6. The topological polar surface area (TPSA) is 59.3 Å². The van der Waals surface area contributed by atoms with Crippen molar-refractivity contribution in [3.63, 3.8) is 0 Å². The molecule has 0 fully saturated rings. The van der Waals surface area contributed by atoms with Gasteiger partial charge in [0.15, 0.2) is 0 Å². The molecular formula is C19H17ClN4OS2. The summed E-state index contributed by atoms with van der Waals surface area (Å²) in [6.45, 7) is 3.94. The molecule has 0 saturated carbocycles.